The van der Waals surface area contributed by atoms with E-state index in [1.807, 2.05) is 61.5 Å². The minimum atomic E-state index is -0.101. The van der Waals surface area contributed by atoms with E-state index in [9.17, 15) is 4.79 Å². The van der Waals surface area contributed by atoms with Crippen LogP contribution in [0.2, 0.25) is 0 Å². The van der Waals surface area contributed by atoms with E-state index in [0.717, 1.165) is 16.8 Å². The molecular weight excluding hydrogens is 352 g/mol. The van der Waals surface area contributed by atoms with Crippen LogP contribution in [-0.4, -0.2) is 47.1 Å². The van der Waals surface area contributed by atoms with Gasteiger partial charge in [-0.1, -0.05) is 48.5 Å². The summed E-state index contributed by atoms with van der Waals surface area (Å²) in [6, 6.07) is 19.4. The first-order valence-electron chi connectivity index (χ1n) is 9.35. The molecule has 28 heavy (non-hydrogen) atoms. The van der Waals surface area contributed by atoms with Crippen molar-refractivity contribution >= 4 is 17.4 Å². The first kappa shape index (κ1) is 18.1. The van der Waals surface area contributed by atoms with Gasteiger partial charge in [-0.05, 0) is 18.6 Å². The molecule has 4 rings (SSSR count). The molecule has 1 amide bonds. The topological polar surface area (TPSA) is 67.4 Å². The molecule has 0 radical (unpaired) electrons. The third kappa shape index (κ3) is 4.02. The van der Waals surface area contributed by atoms with Crippen LogP contribution < -0.4 is 5.32 Å². The van der Waals surface area contributed by atoms with Crippen LogP contribution in [0, 0.1) is 6.92 Å². The van der Waals surface area contributed by atoms with Gasteiger partial charge in [0.2, 0.25) is 0 Å². The minimum absolute atomic E-state index is 0.101. The van der Waals surface area contributed by atoms with Crippen LogP contribution >= 0.6 is 0 Å². The highest BCUT2D eigenvalue weighted by Gasteiger charge is 2.21. The summed E-state index contributed by atoms with van der Waals surface area (Å²) in [6.45, 7) is 4.28. The van der Waals surface area contributed by atoms with Gasteiger partial charge in [0.15, 0.2) is 5.82 Å². The van der Waals surface area contributed by atoms with Gasteiger partial charge in [0.1, 0.15) is 11.5 Å². The normalized spacial score (nSPS) is 14.0. The van der Waals surface area contributed by atoms with E-state index in [4.69, 9.17) is 4.74 Å². The average molecular weight is 374 g/mol. The number of nitrogens with one attached hydrogen (secondary N) is 1. The zero-order chi connectivity index (χ0) is 19.3. The largest absolute Gasteiger partial charge is 0.378 e. The molecule has 1 aliphatic rings. The number of para-hydroxylation sites is 1. The number of hydrogen-bond acceptors (Lipinski definition) is 5. The van der Waals surface area contributed by atoms with E-state index < -0.39 is 0 Å². The summed E-state index contributed by atoms with van der Waals surface area (Å²) in [7, 11) is 0. The molecule has 1 N–H and O–H groups in total. The lowest BCUT2D eigenvalue weighted by Crippen LogP contribution is -2.41. The molecule has 0 atom stereocenters. The molecule has 1 aliphatic heterocycles. The van der Waals surface area contributed by atoms with Crippen LogP contribution in [-0.2, 0) is 4.74 Å². The van der Waals surface area contributed by atoms with Gasteiger partial charge >= 0.3 is 0 Å². The lowest BCUT2D eigenvalue weighted by atomic mass is 10.2. The predicted octanol–water partition coefficient (Wildman–Crippen LogP) is 3.67. The zero-order valence-electron chi connectivity index (χ0n) is 15.8. The van der Waals surface area contributed by atoms with E-state index in [1.165, 1.54) is 0 Å². The van der Waals surface area contributed by atoms with Crippen LogP contribution in [0.5, 0.6) is 0 Å². The fourth-order valence-electron chi connectivity index (χ4n) is 3.12. The standard InChI is InChI=1S/C22H22N4O2/c1-16-7-5-6-10-18(16)23-20-15-19(22(27)26-11-13-28-14-12-26)24-21(25-20)17-8-3-2-4-9-17/h2-10,15H,11-14H2,1H3,(H,23,24,25). The molecule has 0 bridgehead atoms. The number of amides is 1. The number of rotatable bonds is 4. The Hall–Kier alpha value is -3.25. The summed E-state index contributed by atoms with van der Waals surface area (Å²) in [5.41, 5.74) is 3.30. The van der Waals surface area contributed by atoms with Crippen LogP contribution in [0.15, 0.2) is 60.7 Å². The number of anilines is 2. The Bertz CT molecular complexity index is 969. The quantitative estimate of drug-likeness (QED) is 0.755. The molecule has 1 aromatic heterocycles. The van der Waals surface area contributed by atoms with Gasteiger partial charge in [0, 0.05) is 30.4 Å². The lowest BCUT2D eigenvalue weighted by molar-refractivity contribution is 0.0299. The molecule has 0 aliphatic carbocycles. The van der Waals surface area contributed by atoms with Gasteiger partial charge in [0.25, 0.3) is 5.91 Å². The Labute approximate surface area is 164 Å². The van der Waals surface area contributed by atoms with Crippen molar-refractivity contribution in [3.63, 3.8) is 0 Å². The van der Waals surface area contributed by atoms with Crippen molar-refractivity contribution in [1.29, 1.82) is 0 Å². The number of carbonyl (C=O) groups is 1. The average Bonchev–Trinajstić information content (AvgIpc) is 2.76. The van der Waals surface area contributed by atoms with Crippen molar-refractivity contribution in [3.05, 3.63) is 71.9 Å². The number of morpholine rings is 1. The van der Waals surface area contributed by atoms with Crippen LogP contribution in [0.25, 0.3) is 11.4 Å². The Morgan fingerprint density at radius 1 is 1.00 bits per heavy atom. The third-order valence-corrected chi connectivity index (χ3v) is 4.68. The van der Waals surface area contributed by atoms with Gasteiger partial charge in [-0.2, -0.15) is 0 Å². The molecule has 2 aromatic carbocycles. The van der Waals surface area contributed by atoms with E-state index >= 15 is 0 Å². The number of hydrogen-bond donors (Lipinski definition) is 1. The summed E-state index contributed by atoms with van der Waals surface area (Å²) in [4.78, 5) is 24.0. The molecule has 1 saturated heterocycles. The van der Waals surface area contributed by atoms with Crippen LogP contribution in [0.3, 0.4) is 0 Å². The molecule has 3 aromatic rings. The number of aromatic nitrogens is 2. The second-order valence-corrected chi connectivity index (χ2v) is 6.67. The molecule has 1 fully saturated rings. The maximum absolute atomic E-state index is 13.0. The third-order valence-electron chi connectivity index (χ3n) is 4.68. The van der Waals surface area contributed by atoms with E-state index in [2.05, 4.69) is 15.3 Å². The summed E-state index contributed by atoms with van der Waals surface area (Å²) in [5.74, 6) is 1.02. The van der Waals surface area contributed by atoms with Gasteiger partial charge in [-0.25, -0.2) is 9.97 Å². The highest BCUT2D eigenvalue weighted by Crippen LogP contribution is 2.23. The molecule has 6 heteroatoms. The minimum Gasteiger partial charge on any atom is -0.378 e. The highest BCUT2D eigenvalue weighted by atomic mass is 16.5. The molecule has 142 valence electrons. The molecule has 0 unspecified atom stereocenters. The van der Waals surface area contributed by atoms with Crippen LogP contribution in [0.4, 0.5) is 11.5 Å². The second kappa shape index (κ2) is 8.19. The smallest absolute Gasteiger partial charge is 0.272 e. The molecule has 0 spiro atoms. The Kier molecular flexibility index (Phi) is 5.30. The summed E-state index contributed by atoms with van der Waals surface area (Å²) in [6.07, 6.45) is 0. The summed E-state index contributed by atoms with van der Waals surface area (Å²) < 4.78 is 5.36. The fourth-order valence-corrected chi connectivity index (χ4v) is 3.12. The highest BCUT2D eigenvalue weighted by molar-refractivity contribution is 5.93. The Morgan fingerprint density at radius 2 is 1.71 bits per heavy atom. The lowest BCUT2D eigenvalue weighted by Gasteiger charge is -2.26. The van der Waals surface area contributed by atoms with Crippen LogP contribution in [0.1, 0.15) is 16.1 Å². The maximum atomic E-state index is 13.0. The van der Waals surface area contributed by atoms with Crippen molar-refractivity contribution in [1.82, 2.24) is 14.9 Å². The van der Waals surface area contributed by atoms with Crippen molar-refractivity contribution in [2.75, 3.05) is 31.6 Å². The second-order valence-electron chi connectivity index (χ2n) is 6.67. The Morgan fingerprint density at radius 3 is 2.46 bits per heavy atom. The molecule has 0 saturated carbocycles. The number of nitrogens with zero attached hydrogens (tertiary/aromatic N) is 3. The van der Waals surface area contributed by atoms with E-state index in [1.54, 1.807) is 11.0 Å². The summed E-state index contributed by atoms with van der Waals surface area (Å²) >= 11 is 0. The van der Waals surface area contributed by atoms with Crippen molar-refractivity contribution < 1.29 is 9.53 Å². The molecule has 6 nitrogen and oxygen atoms in total. The number of benzene rings is 2. The van der Waals surface area contributed by atoms with Gasteiger partial charge < -0.3 is 15.0 Å². The summed E-state index contributed by atoms with van der Waals surface area (Å²) in [5, 5.41) is 3.33. The van der Waals surface area contributed by atoms with Gasteiger partial charge in [0.05, 0.1) is 13.2 Å². The Balaban J connectivity index is 1.72. The molecular formula is C22H22N4O2. The van der Waals surface area contributed by atoms with E-state index in [-0.39, 0.29) is 5.91 Å². The van der Waals surface area contributed by atoms with Gasteiger partial charge in [-0.3, -0.25) is 4.79 Å². The fraction of sp³-hybridized carbons (Fsp3) is 0.227. The van der Waals surface area contributed by atoms with Crippen molar-refractivity contribution in [2.24, 2.45) is 0 Å². The first-order valence-corrected chi connectivity index (χ1v) is 9.35. The number of aryl methyl sites for hydroxylation is 1. The molecule has 2 heterocycles. The van der Waals surface area contributed by atoms with Crippen molar-refractivity contribution in [2.45, 2.75) is 6.92 Å². The predicted molar refractivity (Wildman–Crippen MR) is 109 cm³/mol. The first-order chi connectivity index (χ1) is 13.7. The monoisotopic (exact) mass is 374 g/mol. The van der Waals surface area contributed by atoms with Crippen molar-refractivity contribution in [3.8, 4) is 11.4 Å². The SMILES string of the molecule is Cc1ccccc1Nc1cc(C(=O)N2CCOCC2)nc(-c2ccccc2)n1. The van der Waals surface area contributed by atoms with E-state index in [0.29, 0.717) is 43.6 Å². The number of ether oxygens (including phenoxy) is 1. The maximum Gasteiger partial charge on any atom is 0.272 e. The van der Waals surface area contributed by atoms with Gasteiger partial charge in [-0.15, -0.1) is 0 Å². The number of carbonyl (C=O) groups excluding carboxylic acids is 1. The zero-order valence-corrected chi connectivity index (χ0v) is 15.8.